The minimum atomic E-state index is -0.207. The second-order valence-corrected chi connectivity index (χ2v) is 6.48. The molecule has 0 aliphatic carbocycles. The molecule has 5 heteroatoms. The molecule has 0 saturated heterocycles. The maximum atomic E-state index is 12.4. The van der Waals surface area contributed by atoms with Crippen LogP contribution in [0.5, 0.6) is 0 Å². The van der Waals surface area contributed by atoms with Crippen molar-refractivity contribution in [3.63, 3.8) is 0 Å². The Balaban J connectivity index is 1.63. The summed E-state index contributed by atoms with van der Waals surface area (Å²) in [6.07, 6.45) is 0.569. The summed E-state index contributed by atoms with van der Waals surface area (Å²) in [6, 6.07) is 14.9. The van der Waals surface area contributed by atoms with E-state index in [1.807, 2.05) is 44.2 Å². The number of hydrogen-bond donors (Lipinski definition) is 1. The number of aromatic nitrogens is 1. The van der Waals surface area contributed by atoms with Gasteiger partial charge in [0.15, 0.2) is 5.78 Å². The zero-order valence-corrected chi connectivity index (χ0v) is 15.7. The van der Waals surface area contributed by atoms with E-state index in [-0.39, 0.29) is 11.7 Å². The number of rotatable bonds is 6. The molecule has 1 heterocycles. The Hall–Kier alpha value is -3.21. The largest absolute Gasteiger partial charge is 0.441 e. The van der Waals surface area contributed by atoms with Crippen molar-refractivity contribution in [2.75, 3.05) is 6.54 Å². The van der Waals surface area contributed by atoms with E-state index >= 15 is 0 Å². The van der Waals surface area contributed by atoms with Crippen LogP contribution in [0, 0.1) is 13.8 Å². The van der Waals surface area contributed by atoms with Crippen molar-refractivity contribution in [1.82, 2.24) is 10.3 Å². The van der Waals surface area contributed by atoms with Gasteiger partial charge < -0.3 is 9.73 Å². The number of carbonyl (C=O) groups is 2. The molecule has 0 spiro atoms. The molecule has 5 nitrogen and oxygen atoms in total. The summed E-state index contributed by atoms with van der Waals surface area (Å²) >= 11 is 0. The molecule has 138 valence electrons. The van der Waals surface area contributed by atoms with Crippen molar-refractivity contribution >= 4 is 11.7 Å². The van der Waals surface area contributed by atoms with Crippen molar-refractivity contribution in [1.29, 1.82) is 0 Å². The third-order valence-corrected chi connectivity index (χ3v) is 4.44. The van der Waals surface area contributed by atoms with Crippen molar-refractivity contribution < 1.29 is 14.0 Å². The fourth-order valence-electron chi connectivity index (χ4n) is 2.90. The first-order valence-electron chi connectivity index (χ1n) is 8.87. The van der Waals surface area contributed by atoms with Gasteiger partial charge in [-0.3, -0.25) is 9.59 Å². The van der Waals surface area contributed by atoms with Crippen LogP contribution in [0.4, 0.5) is 0 Å². The quantitative estimate of drug-likeness (QED) is 0.669. The first kappa shape index (κ1) is 18.6. The molecule has 1 amide bonds. The summed E-state index contributed by atoms with van der Waals surface area (Å²) in [6.45, 7) is 5.66. The van der Waals surface area contributed by atoms with E-state index in [0.29, 0.717) is 30.0 Å². The van der Waals surface area contributed by atoms with Crippen LogP contribution < -0.4 is 5.32 Å². The summed E-state index contributed by atoms with van der Waals surface area (Å²) in [5, 5.41) is 2.88. The predicted octanol–water partition coefficient (Wildman–Crippen LogP) is 4.13. The first-order valence-corrected chi connectivity index (χ1v) is 8.87. The first-order chi connectivity index (χ1) is 13.0. The minimum Gasteiger partial charge on any atom is -0.441 e. The highest BCUT2D eigenvalue weighted by Crippen LogP contribution is 2.21. The number of nitrogens with zero attached hydrogens (tertiary/aromatic N) is 1. The highest BCUT2D eigenvalue weighted by molar-refractivity contribution is 6.00. The maximum Gasteiger partial charge on any atom is 0.251 e. The molecule has 27 heavy (non-hydrogen) atoms. The molecular weight excluding hydrogens is 340 g/mol. The SMILES string of the molecule is CC(=O)c1cc(C(=O)NCCc2nc(-c3ccccc3)oc2C)ccc1C. The Bertz CT molecular complexity index is 974. The molecule has 1 aromatic heterocycles. The van der Waals surface area contributed by atoms with Crippen LogP contribution in [-0.4, -0.2) is 23.2 Å². The van der Waals surface area contributed by atoms with E-state index in [2.05, 4.69) is 10.3 Å². The van der Waals surface area contributed by atoms with E-state index in [0.717, 1.165) is 22.6 Å². The number of hydrogen-bond acceptors (Lipinski definition) is 4. The summed E-state index contributed by atoms with van der Waals surface area (Å²) in [4.78, 5) is 28.5. The molecule has 0 unspecified atom stereocenters. The molecule has 0 atom stereocenters. The highest BCUT2D eigenvalue weighted by atomic mass is 16.4. The Morgan fingerprint density at radius 2 is 1.81 bits per heavy atom. The van der Waals surface area contributed by atoms with Crippen LogP contribution in [0.25, 0.3) is 11.5 Å². The number of ketones is 1. The Morgan fingerprint density at radius 3 is 2.52 bits per heavy atom. The van der Waals surface area contributed by atoms with Gasteiger partial charge in [-0.15, -0.1) is 0 Å². The van der Waals surface area contributed by atoms with E-state index < -0.39 is 0 Å². The zero-order valence-electron chi connectivity index (χ0n) is 15.7. The van der Waals surface area contributed by atoms with Crippen molar-refractivity contribution in [2.45, 2.75) is 27.2 Å². The van der Waals surface area contributed by atoms with Crippen LogP contribution in [0.1, 0.15) is 44.7 Å². The van der Waals surface area contributed by atoms with E-state index in [4.69, 9.17) is 4.42 Å². The number of benzene rings is 2. The molecule has 0 saturated carbocycles. The van der Waals surface area contributed by atoms with Crippen LogP contribution in [0.3, 0.4) is 0 Å². The smallest absolute Gasteiger partial charge is 0.251 e. The van der Waals surface area contributed by atoms with Gasteiger partial charge in [-0.1, -0.05) is 24.3 Å². The number of Topliss-reactive ketones (excluding diaryl/α,β-unsaturated/α-hetero) is 1. The van der Waals surface area contributed by atoms with E-state index in [9.17, 15) is 9.59 Å². The van der Waals surface area contributed by atoms with E-state index in [1.54, 1.807) is 18.2 Å². The molecule has 3 rings (SSSR count). The van der Waals surface area contributed by atoms with Crippen molar-refractivity contribution in [3.8, 4) is 11.5 Å². The van der Waals surface area contributed by atoms with E-state index in [1.165, 1.54) is 6.92 Å². The summed E-state index contributed by atoms with van der Waals surface area (Å²) < 4.78 is 5.74. The summed E-state index contributed by atoms with van der Waals surface area (Å²) in [5.41, 5.74) is 3.66. The van der Waals surface area contributed by atoms with Gasteiger partial charge in [0, 0.05) is 29.7 Å². The Kier molecular flexibility index (Phi) is 5.50. The lowest BCUT2D eigenvalue weighted by molar-refractivity contribution is 0.0954. The average Bonchev–Trinajstić information content (AvgIpc) is 3.03. The number of nitrogens with one attached hydrogen (secondary N) is 1. The Morgan fingerprint density at radius 1 is 1.07 bits per heavy atom. The van der Waals surface area contributed by atoms with Crippen molar-refractivity contribution in [2.24, 2.45) is 0 Å². The summed E-state index contributed by atoms with van der Waals surface area (Å²) in [7, 11) is 0. The van der Waals surface area contributed by atoms with Gasteiger partial charge >= 0.3 is 0 Å². The fourth-order valence-corrected chi connectivity index (χ4v) is 2.90. The fraction of sp³-hybridized carbons (Fsp3) is 0.227. The molecule has 0 aliphatic rings. The number of oxazole rings is 1. The zero-order chi connectivity index (χ0) is 19.4. The lowest BCUT2D eigenvalue weighted by Gasteiger charge is -2.07. The Labute approximate surface area is 158 Å². The van der Waals surface area contributed by atoms with Crippen LogP contribution in [0.15, 0.2) is 52.9 Å². The van der Waals surface area contributed by atoms with Gasteiger partial charge in [0.1, 0.15) is 5.76 Å². The summed E-state index contributed by atoms with van der Waals surface area (Å²) in [5.74, 6) is 1.08. The monoisotopic (exact) mass is 362 g/mol. The second kappa shape index (κ2) is 7.99. The topological polar surface area (TPSA) is 72.2 Å². The molecule has 0 radical (unpaired) electrons. The minimum absolute atomic E-state index is 0.0474. The average molecular weight is 362 g/mol. The number of amides is 1. The lowest BCUT2D eigenvalue weighted by atomic mass is 10.0. The predicted molar refractivity (Wildman–Crippen MR) is 104 cm³/mol. The van der Waals surface area contributed by atoms with Gasteiger partial charge in [0.2, 0.25) is 5.89 Å². The lowest BCUT2D eigenvalue weighted by Crippen LogP contribution is -2.26. The van der Waals surface area contributed by atoms with Gasteiger partial charge in [-0.05, 0) is 50.6 Å². The normalized spacial score (nSPS) is 10.6. The third kappa shape index (κ3) is 4.31. The van der Waals surface area contributed by atoms with Gasteiger partial charge in [0.25, 0.3) is 5.91 Å². The molecular formula is C22H22N2O3. The molecule has 0 fully saturated rings. The molecule has 0 aliphatic heterocycles. The molecule has 2 aromatic carbocycles. The van der Waals surface area contributed by atoms with Crippen LogP contribution in [0.2, 0.25) is 0 Å². The van der Waals surface area contributed by atoms with Gasteiger partial charge in [0.05, 0.1) is 5.69 Å². The van der Waals surface area contributed by atoms with Crippen LogP contribution >= 0.6 is 0 Å². The second-order valence-electron chi connectivity index (χ2n) is 6.48. The third-order valence-electron chi connectivity index (χ3n) is 4.44. The molecule has 0 bridgehead atoms. The highest BCUT2D eigenvalue weighted by Gasteiger charge is 2.13. The number of carbonyl (C=O) groups excluding carboxylic acids is 2. The standard InChI is InChI=1S/C22H22N2O3/c1-14-9-10-18(13-19(14)15(2)25)21(26)23-12-11-20-16(3)27-22(24-20)17-7-5-4-6-8-17/h4-10,13H,11-12H2,1-3H3,(H,23,26). The van der Waals surface area contributed by atoms with Gasteiger partial charge in [-0.25, -0.2) is 4.98 Å². The van der Waals surface area contributed by atoms with Crippen molar-refractivity contribution in [3.05, 3.63) is 76.7 Å². The van der Waals surface area contributed by atoms with Gasteiger partial charge in [-0.2, -0.15) is 0 Å². The molecule has 3 aromatic rings. The molecule has 1 N–H and O–H groups in total. The van der Waals surface area contributed by atoms with Crippen LogP contribution in [-0.2, 0) is 6.42 Å². The maximum absolute atomic E-state index is 12.4. The number of aryl methyl sites for hydroxylation is 2.